The molecular formula is C67H89N13O8. The Kier molecular flexibility index (Phi) is 22.6. The minimum atomic E-state index is -0.0669. The number of methoxy groups -OCH3 is 2. The molecule has 88 heavy (non-hydrogen) atoms. The predicted octanol–water partition coefficient (Wildman–Crippen LogP) is 7.57. The number of likely N-dealkylation sites (tertiary alicyclic amines) is 3. The minimum Gasteiger partial charge on any atom is -0.504 e. The highest BCUT2D eigenvalue weighted by Gasteiger charge is 2.29. The second-order valence-electron chi connectivity index (χ2n) is 24.0. The lowest BCUT2D eigenvalue weighted by Gasteiger charge is -2.33. The van der Waals surface area contributed by atoms with Crippen LogP contribution in [0.25, 0.3) is 0 Å². The molecule has 470 valence electrons. The molecule has 21 heteroatoms. The average Bonchev–Trinajstić information content (AvgIpc) is 3.81. The number of ether oxygens (including phenoxy) is 4. The number of hydrogen-bond acceptors (Lipinski definition) is 18. The molecule has 0 aliphatic carbocycles. The zero-order valence-electron chi connectivity index (χ0n) is 51.7. The van der Waals surface area contributed by atoms with Crippen LogP contribution >= 0.6 is 0 Å². The summed E-state index contributed by atoms with van der Waals surface area (Å²) < 4.78 is 21.8. The number of aromatic nitrogens is 7. The summed E-state index contributed by atoms with van der Waals surface area (Å²) in [4.78, 5) is 78.0. The summed E-state index contributed by atoms with van der Waals surface area (Å²) in [6.45, 7) is 17.3. The Morgan fingerprint density at radius 1 is 0.545 bits per heavy atom. The first-order valence-corrected chi connectivity index (χ1v) is 31.9. The quantitative estimate of drug-likeness (QED) is 0.0646. The largest absolute Gasteiger partial charge is 0.504 e. The van der Waals surface area contributed by atoms with Gasteiger partial charge in [-0.15, -0.1) is 6.42 Å². The smallest absolute Gasteiger partial charge is 0.252 e. The van der Waals surface area contributed by atoms with Crippen molar-refractivity contribution < 1.29 is 24.1 Å². The summed E-state index contributed by atoms with van der Waals surface area (Å²) >= 11 is 0. The van der Waals surface area contributed by atoms with Gasteiger partial charge in [-0.3, -0.25) is 49.0 Å². The van der Waals surface area contributed by atoms with Crippen molar-refractivity contribution >= 4 is 17.8 Å². The van der Waals surface area contributed by atoms with Crippen LogP contribution in [0.1, 0.15) is 135 Å². The Hall–Kier alpha value is -7.77. The lowest BCUT2D eigenvalue weighted by molar-refractivity contribution is 0.122. The van der Waals surface area contributed by atoms with Crippen LogP contribution in [0.5, 0.6) is 23.0 Å². The number of nitrogens with zero attached hydrogens (tertiary/aromatic N) is 10. The van der Waals surface area contributed by atoms with Gasteiger partial charge in [0.2, 0.25) is 17.8 Å². The maximum absolute atomic E-state index is 12.4. The summed E-state index contributed by atoms with van der Waals surface area (Å²) in [6, 6.07) is 19.1. The normalized spacial score (nSPS) is 20.2. The molecule has 3 unspecified atom stereocenters. The third-order valence-electron chi connectivity index (χ3n) is 17.7. The maximum atomic E-state index is 12.4. The van der Waals surface area contributed by atoms with E-state index in [1.165, 1.54) is 12.0 Å². The highest BCUT2D eigenvalue weighted by molar-refractivity contribution is 5.49. The van der Waals surface area contributed by atoms with Gasteiger partial charge in [0.1, 0.15) is 6.61 Å². The number of nitrogens with one attached hydrogen (secondary N) is 3. The fourth-order valence-corrected chi connectivity index (χ4v) is 13.2. The molecule has 6 aliphatic heterocycles. The molecular weight excluding hydrogens is 1110 g/mol. The van der Waals surface area contributed by atoms with E-state index in [0.29, 0.717) is 42.3 Å². The lowest BCUT2D eigenvalue weighted by Crippen LogP contribution is -2.39. The van der Waals surface area contributed by atoms with Crippen LogP contribution in [0, 0.1) is 12.3 Å². The molecule has 6 saturated heterocycles. The zero-order chi connectivity index (χ0) is 61.2. The second-order valence-corrected chi connectivity index (χ2v) is 24.0. The Morgan fingerprint density at radius 3 is 1.48 bits per heavy atom. The number of benzene rings is 2. The van der Waals surface area contributed by atoms with Crippen LogP contribution in [0.2, 0.25) is 0 Å². The van der Waals surface area contributed by atoms with E-state index >= 15 is 0 Å². The molecule has 6 aromatic rings. The number of phenols is 1. The van der Waals surface area contributed by atoms with Gasteiger partial charge >= 0.3 is 0 Å². The van der Waals surface area contributed by atoms with Crippen molar-refractivity contribution in [3.63, 3.8) is 0 Å². The fraction of sp³-hybridized carbons (Fsp3) is 0.537. The molecule has 0 saturated carbocycles. The van der Waals surface area contributed by atoms with Gasteiger partial charge in [0.25, 0.3) is 16.7 Å². The van der Waals surface area contributed by atoms with Gasteiger partial charge < -0.3 is 38.8 Å². The van der Waals surface area contributed by atoms with E-state index in [9.17, 15) is 19.5 Å². The van der Waals surface area contributed by atoms with Crippen molar-refractivity contribution in [2.45, 2.75) is 121 Å². The van der Waals surface area contributed by atoms with Crippen LogP contribution in [0.4, 0.5) is 17.8 Å². The molecule has 10 heterocycles. The Balaban J connectivity index is 0.000000147. The van der Waals surface area contributed by atoms with Crippen LogP contribution < -0.4 is 45.6 Å². The van der Waals surface area contributed by atoms with Crippen LogP contribution in [-0.4, -0.2) is 167 Å². The van der Waals surface area contributed by atoms with Gasteiger partial charge in [0, 0.05) is 127 Å². The lowest BCUT2D eigenvalue weighted by atomic mass is 9.94. The number of rotatable bonds is 17. The monoisotopic (exact) mass is 1200 g/mol. The number of morpholine rings is 1. The highest BCUT2D eigenvalue weighted by atomic mass is 16.5. The highest BCUT2D eigenvalue weighted by Crippen LogP contribution is 2.35. The first-order chi connectivity index (χ1) is 43.0. The fourth-order valence-electron chi connectivity index (χ4n) is 13.2. The standard InChI is InChI=1S/C25H32N4O3.C23H32N4O3.C19H25N5O2/c1-3-14-32-22-10-9-19(15-23(22)31-2)17-28-11-7-8-20(18-28)21-16-24(30)27-25(26-21)29-12-5-4-6-13-29;1-3-17-11-16(12-20(30-2)22(17)29)14-26-8-6-7-18(15-26)19-13-21(28)25-23(24-19)27-9-4-5-10-27;25-18-12-17(21-19(22-18)24-8-10-26-11-9-24)16-2-1-7-23(14-16)13-15-3-5-20-6-4-15/h1,9-10,15-16,20H,4-8,11-14,17-18H2,2H3,(H,26,27,30);11-13,18,29H,3-10,14-15H2,1-2H3,(H,24,25,28);3-6,12,16H,1-2,7-11,13-14H2,(H,21,22,25). The predicted molar refractivity (Wildman–Crippen MR) is 342 cm³/mol. The van der Waals surface area contributed by atoms with E-state index in [1.807, 2.05) is 37.5 Å². The van der Waals surface area contributed by atoms with E-state index in [4.69, 9.17) is 40.3 Å². The minimum absolute atomic E-state index is 0.0556. The van der Waals surface area contributed by atoms with Crippen molar-refractivity contribution in [2.24, 2.45) is 0 Å². The van der Waals surface area contributed by atoms with Gasteiger partial charge in [-0.2, -0.15) is 0 Å². The summed E-state index contributed by atoms with van der Waals surface area (Å²) in [5.74, 6) is 7.55. The molecule has 4 N–H and O–H groups in total. The zero-order valence-corrected chi connectivity index (χ0v) is 51.7. The van der Waals surface area contributed by atoms with Crippen molar-refractivity contribution in [3.8, 4) is 35.3 Å². The molecule has 4 aromatic heterocycles. The molecule has 2 aromatic carbocycles. The van der Waals surface area contributed by atoms with Gasteiger partial charge in [0.15, 0.2) is 23.0 Å². The van der Waals surface area contributed by atoms with E-state index < -0.39 is 0 Å². The van der Waals surface area contributed by atoms with Crippen molar-refractivity contribution in [1.82, 2.24) is 49.6 Å². The van der Waals surface area contributed by atoms with Gasteiger partial charge in [-0.1, -0.05) is 25.0 Å². The summed E-state index contributed by atoms with van der Waals surface area (Å²) in [5, 5.41) is 10.3. The molecule has 3 atom stereocenters. The first-order valence-electron chi connectivity index (χ1n) is 31.9. The topological polar surface area (TPSA) is 227 Å². The van der Waals surface area contributed by atoms with E-state index in [2.05, 4.69) is 79.5 Å². The van der Waals surface area contributed by atoms with Crippen LogP contribution in [0.3, 0.4) is 0 Å². The van der Waals surface area contributed by atoms with Gasteiger partial charge in [-0.05, 0) is 149 Å². The number of terminal acetylenes is 1. The molecule has 21 nitrogen and oxygen atoms in total. The Morgan fingerprint density at radius 2 is 1.00 bits per heavy atom. The summed E-state index contributed by atoms with van der Waals surface area (Å²) in [5.41, 5.74) is 7.02. The van der Waals surface area contributed by atoms with Crippen molar-refractivity contribution in [2.75, 3.05) is 127 Å². The molecule has 6 aliphatic rings. The maximum Gasteiger partial charge on any atom is 0.252 e. The van der Waals surface area contributed by atoms with Gasteiger partial charge in [-0.25, -0.2) is 15.0 Å². The number of piperidine rings is 4. The molecule has 6 fully saturated rings. The third-order valence-corrected chi connectivity index (χ3v) is 17.7. The second kappa shape index (κ2) is 31.4. The Labute approximate surface area is 516 Å². The molecule has 0 radical (unpaired) electrons. The van der Waals surface area contributed by atoms with E-state index in [1.54, 1.807) is 32.4 Å². The number of aromatic hydroxyl groups is 1. The van der Waals surface area contributed by atoms with E-state index in [-0.39, 0.29) is 40.9 Å². The number of phenolic OH excluding ortho intramolecular Hbond substituents is 1. The molecule has 12 rings (SSSR count). The molecule has 0 spiro atoms. The summed E-state index contributed by atoms with van der Waals surface area (Å²) in [7, 11) is 3.23. The number of aryl methyl sites for hydroxylation is 1. The molecule has 0 bridgehead atoms. The number of H-pyrrole nitrogens is 3. The van der Waals surface area contributed by atoms with Crippen LogP contribution in [-0.2, 0) is 30.8 Å². The average molecular weight is 1200 g/mol. The number of anilines is 3. The molecule has 0 amide bonds. The SMILES string of the molecule is C#CCOc1ccc(CN2CCCC(c3cc(=O)[nH]c(N4CCCCC4)n3)C2)cc1OC.CCc1cc(CN2CCCC(c3cc(=O)[nH]c(N4CCCC4)n3)C2)cc(OC)c1O.O=c1cc(C2CCCN(Cc3ccncc3)C2)nc(N2CCOCC2)[nH]1. The summed E-state index contributed by atoms with van der Waals surface area (Å²) in [6.07, 6.45) is 22.0. The van der Waals surface area contributed by atoms with Crippen LogP contribution in [0.15, 0.2) is 87.4 Å². The van der Waals surface area contributed by atoms with Gasteiger partial charge in [0.05, 0.1) is 44.5 Å². The number of aromatic amines is 3. The number of hydrogen-bond donors (Lipinski definition) is 4. The number of pyridine rings is 1. The third kappa shape index (κ3) is 17.3. The van der Waals surface area contributed by atoms with Crippen molar-refractivity contribution in [3.05, 3.63) is 143 Å². The Bertz CT molecular complexity index is 3400. The van der Waals surface area contributed by atoms with E-state index in [0.717, 1.165) is 214 Å². The first kappa shape index (κ1) is 63.3. The van der Waals surface area contributed by atoms with Crippen molar-refractivity contribution in [1.29, 1.82) is 0 Å².